The van der Waals surface area contributed by atoms with Gasteiger partial charge in [0.25, 0.3) is 5.69 Å². The number of carbonyl (C=O) groups excluding carboxylic acids is 1. The molecule has 0 bridgehead atoms. The Kier molecular flexibility index (Phi) is 4.87. The maximum Gasteiger partial charge on any atom is 0.273 e. The summed E-state index contributed by atoms with van der Waals surface area (Å²) in [4.78, 5) is 21.0. The Labute approximate surface area is 108 Å². The Bertz CT molecular complexity index is 466. The molecule has 1 unspecified atom stereocenters. The standard InChI is InChI=1S/C10H12ClN3O4/c1-13-8(10(12)15)5-18-9-4-6(14(16)17)2-3-7(9)11/h2-4,8,13H,5H2,1H3,(H2,12,15). The van der Waals surface area contributed by atoms with E-state index in [1.54, 1.807) is 7.05 Å². The highest BCUT2D eigenvalue weighted by Crippen LogP contribution is 2.28. The van der Waals surface area contributed by atoms with Crippen LogP contribution in [-0.2, 0) is 4.79 Å². The van der Waals surface area contributed by atoms with Crippen molar-refractivity contribution in [3.63, 3.8) is 0 Å². The molecule has 1 aromatic carbocycles. The van der Waals surface area contributed by atoms with Crippen LogP contribution >= 0.6 is 11.6 Å². The summed E-state index contributed by atoms with van der Waals surface area (Å²) in [7, 11) is 1.55. The van der Waals surface area contributed by atoms with Crippen LogP contribution in [0.5, 0.6) is 5.75 Å². The van der Waals surface area contributed by atoms with Gasteiger partial charge in [0.2, 0.25) is 5.91 Å². The maximum absolute atomic E-state index is 11.0. The lowest BCUT2D eigenvalue weighted by Crippen LogP contribution is -2.43. The topological polar surface area (TPSA) is 107 Å². The van der Waals surface area contributed by atoms with Gasteiger partial charge in [-0.05, 0) is 13.1 Å². The van der Waals surface area contributed by atoms with Crippen LogP contribution in [0, 0.1) is 10.1 Å². The highest BCUT2D eigenvalue weighted by Gasteiger charge is 2.16. The lowest BCUT2D eigenvalue weighted by atomic mass is 10.3. The first kappa shape index (κ1) is 14.2. The SMILES string of the molecule is CNC(COc1cc([N+](=O)[O-])ccc1Cl)C(N)=O. The van der Waals surface area contributed by atoms with Crippen LogP contribution in [-0.4, -0.2) is 30.5 Å². The summed E-state index contributed by atoms with van der Waals surface area (Å²) in [5, 5.41) is 13.5. The second-order valence-electron chi connectivity index (χ2n) is 3.43. The molecular weight excluding hydrogens is 262 g/mol. The molecule has 0 heterocycles. The summed E-state index contributed by atoms with van der Waals surface area (Å²) in [6.07, 6.45) is 0. The molecule has 8 heteroatoms. The van der Waals surface area contributed by atoms with E-state index in [1.165, 1.54) is 18.2 Å². The third-order valence-electron chi connectivity index (χ3n) is 2.22. The van der Waals surface area contributed by atoms with Crippen LogP contribution in [0.15, 0.2) is 18.2 Å². The van der Waals surface area contributed by atoms with Gasteiger partial charge in [0.05, 0.1) is 16.0 Å². The molecule has 1 rings (SSSR count). The average Bonchev–Trinajstić information content (AvgIpc) is 2.31. The number of nitrogens with one attached hydrogen (secondary N) is 1. The number of nitro benzene ring substituents is 1. The van der Waals surface area contributed by atoms with Gasteiger partial charge in [0, 0.05) is 6.07 Å². The van der Waals surface area contributed by atoms with E-state index in [0.29, 0.717) is 0 Å². The van der Waals surface area contributed by atoms with Gasteiger partial charge in [-0.15, -0.1) is 0 Å². The van der Waals surface area contributed by atoms with Gasteiger partial charge in [0.1, 0.15) is 18.4 Å². The number of primary amides is 1. The summed E-state index contributed by atoms with van der Waals surface area (Å²) < 4.78 is 5.24. The van der Waals surface area contributed by atoms with Crippen LogP contribution in [0.25, 0.3) is 0 Å². The average molecular weight is 274 g/mol. The zero-order valence-electron chi connectivity index (χ0n) is 9.55. The second kappa shape index (κ2) is 6.18. The minimum atomic E-state index is -0.694. The number of nitrogens with zero attached hydrogens (tertiary/aromatic N) is 1. The van der Waals surface area contributed by atoms with Crippen LogP contribution < -0.4 is 15.8 Å². The minimum Gasteiger partial charge on any atom is -0.490 e. The van der Waals surface area contributed by atoms with Gasteiger partial charge in [-0.25, -0.2) is 0 Å². The summed E-state index contributed by atoms with van der Waals surface area (Å²) in [6.45, 7) is -0.0628. The monoisotopic (exact) mass is 273 g/mol. The van der Waals surface area contributed by atoms with Crippen molar-refractivity contribution in [2.24, 2.45) is 5.73 Å². The number of benzene rings is 1. The van der Waals surface area contributed by atoms with E-state index >= 15 is 0 Å². The number of hydrogen-bond acceptors (Lipinski definition) is 5. The molecule has 7 nitrogen and oxygen atoms in total. The predicted octanol–water partition coefficient (Wildman–Crippen LogP) is 0.700. The number of hydrogen-bond donors (Lipinski definition) is 2. The van der Waals surface area contributed by atoms with Crippen molar-refractivity contribution in [2.75, 3.05) is 13.7 Å². The zero-order valence-corrected chi connectivity index (χ0v) is 10.3. The molecule has 18 heavy (non-hydrogen) atoms. The fourth-order valence-electron chi connectivity index (χ4n) is 1.20. The molecule has 1 amide bonds. The van der Waals surface area contributed by atoms with Crippen molar-refractivity contribution < 1.29 is 14.5 Å². The summed E-state index contributed by atoms with van der Waals surface area (Å²) in [6, 6.07) is 3.11. The van der Waals surface area contributed by atoms with E-state index in [4.69, 9.17) is 22.1 Å². The van der Waals surface area contributed by atoms with Crippen molar-refractivity contribution in [3.8, 4) is 5.75 Å². The molecule has 0 aliphatic heterocycles. The number of likely N-dealkylation sites (N-methyl/N-ethyl adjacent to an activating group) is 1. The van der Waals surface area contributed by atoms with E-state index in [1.807, 2.05) is 0 Å². The van der Waals surface area contributed by atoms with Crippen LogP contribution in [0.1, 0.15) is 0 Å². The molecule has 0 aromatic heterocycles. The molecule has 3 N–H and O–H groups in total. The number of halogens is 1. The molecule has 0 saturated carbocycles. The second-order valence-corrected chi connectivity index (χ2v) is 3.83. The first-order chi connectivity index (χ1) is 8.45. The number of nitrogens with two attached hydrogens (primary N) is 1. The number of amides is 1. The minimum absolute atomic E-state index is 0.0628. The van der Waals surface area contributed by atoms with E-state index < -0.39 is 16.9 Å². The number of ether oxygens (including phenoxy) is 1. The van der Waals surface area contributed by atoms with E-state index in [9.17, 15) is 14.9 Å². The van der Waals surface area contributed by atoms with Gasteiger partial charge in [-0.2, -0.15) is 0 Å². The quantitative estimate of drug-likeness (QED) is 0.586. The van der Waals surface area contributed by atoms with Crippen molar-refractivity contribution in [1.29, 1.82) is 0 Å². The molecule has 0 aliphatic rings. The Morgan fingerprint density at radius 1 is 1.67 bits per heavy atom. The Morgan fingerprint density at radius 2 is 2.33 bits per heavy atom. The van der Waals surface area contributed by atoms with Crippen LogP contribution in [0.3, 0.4) is 0 Å². The highest BCUT2D eigenvalue weighted by molar-refractivity contribution is 6.32. The normalized spacial score (nSPS) is 11.9. The lowest BCUT2D eigenvalue weighted by molar-refractivity contribution is -0.384. The lowest BCUT2D eigenvalue weighted by Gasteiger charge is -2.14. The first-order valence-corrected chi connectivity index (χ1v) is 5.36. The number of rotatable bonds is 6. The maximum atomic E-state index is 11.0. The third-order valence-corrected chi connectivity index (χ3v) is 2.54. The Hall–Kier alpha value is -1.86. The smallest absolute Gasteiger partial charge is 0.273 e. The summed E-state index contributed by atoms with van der Waals surface area (Å²) in [5.41, 5.74) is 4.96. The van der Waals surface area contributed by atoms with Crippen molar-refractivity contribution in [1.82, 2.24) is 5.32 Å². The Balaban J connectivity index is 2.80. The van der Waals surface area contributed by atoms with E-state index in [0.717, 1.165) is 0 Å². The summed E-state index contributed by atoms with van der Waals surface area (Å²) in [5.74, 6) is -0.452. The predicted molar refractivity (Wildman–Crippen MR) is 65.6 cm³/mol. The van der Waals surface area contributed by atoms with Crippen molar-refractivity contribution in [3.05, 3.63) is 33.3 Å². The molecule has 0 saturated heterocycles. The third kappa shape index (κ3) is 3.57. The van der Waals surface area contributed by atoms with Gasteiger partial charge in [0.15, 0.2) is 0 Å². The fourth-order valence-corrected chi connectivity index (χ4v) is 1.37. The van der Waals surface area contributed by atoms with Gasteiger partial charge in [-0.3, -0.25) is 14.9 Å². The van der Waals surface area contributed by atoms with E-state index in [-0.39, 0.29) is 23.1 Å². The van der Waals surface area contributed by atoms with Crippen LogP contribution in [0.2, 0.25) is 5.02 Å². The Morgan fingerprint density at radius 3 is 2.83 bits per heavy atom. The van der Waals surface area contributed by atoms with Gasteiger partial charge in [-0.1, -0.05) is 11.6 Å². The largest absolute Gasteiger partial charge is 0.490 e. The number of carbonyl (C=O) groups is 1. The zero-order chi connectivity index (χ0) is 13.7. The molecule has 1 aromatic rings. The van der Waals surface area contributed by atoms with Crippen molar-refractivity contribution in [2.45, 2.75) is 6.04 Å². The molecular formula is C10H12ClN3O4. The first-order valence-electron chi connectivity index (χ1n) is 4.99. The fraction of sp³-hybridized carbons (Fsp3) is 0.300. The molecule has 0 spiro atoms. The molecule has 0 aliphatic carbocycles. The summed E-state index contributed by atoms with van der Waals surface area (Å²) >= 11 is 5.82. The molecule has 0 radical (unpaired) electrons. The molecule has 0 fully saturated rings. The number of non-ortho nitro benzene ring substituents is 1. The number of nitro groups is 1. The molecule has 98 valence electrons. The molecule has 1 atom stereocenters. The van der Waals surface area contributed by atoms with Gasteiger partial charge < -0.3 is 15.8 Å². The highest BCUT2D eigenvalue weighted by atomic mass is 35.5. The van der Waals surface area contributed by atoms with Gasteiger partial charge >= 0.3 is 0 Å². The van der Waals surface area contributed by atoms with E-state index in [2.05, 4.69) is 5.32 Å². The van der Waals surface area contributed by atoms with Crippen molar-refractivity contribution >= 4 is 23.2 Å². The van der Waals surface area contributed by atoms with Crippen LogP contribution in [0.4, 0.5) is 5.69 Å².